The first-order valence-corrected chi connectivity index (χ1v) is 7.60. The molecule has 22 heavy (non-hydrogen) atoms. The van der Waals surface area contributed by atoms with Gasteiger partial charge in [0.15, 0.2) is 5.82 Å². The number of tetrazole rings is 1. The summed E-state index contributed by atoms with van der Waals surface area (Å²) in [6.07, 6.45) is 4.25. The first kappa shape index (κ1) is 14.4. The van der Waals surface area contributed by atoms with Gasteiger partial charge in [-0.1, -0.05) is 11.3 Å². The fourth-order valence-corrected chi connectivity index (χ4v) is 2.87. The average molecular weight is 317 g/mol. The predicted octanol–water partition coefficient (Wildman–Crippen LogP) is 0.637. The topological polar surface area (TPSA) is 101 Å². The molecular weight excluding hydrogens is 302 g/mol. The van der Waals surface area contributed by atoms with E-state index < -0.39 is 0 Å². The summed E-state index contributed by atoms with van der Waals surface area (Å²) in [5.41, 5.74) is 0.848. The zero-order valence-corrected chi connectivity index (χ0v) is 12.7. The van der Waals surface area contributed by atoms with Crippen LogP contribution in [0.3, 0.4) is 0 Å². The molecule has 9 heteroatoms. The van der Waals surface area contributed by atoms with Crippen molar-refractivity contribution in [3.8, 4) is 0 Å². The lowest BCUT2D eigenvalue weighted by atomic mass is 10.1. The Bertz CT molecular complexity index is 720. The van der Waals surface area contributed by atoms with Crippen LogP contribution >= 0.6 is 11.3 Å². The van der Waals surface area contributed by atoms with E-state index in [1.807, 2.05) is 29.1 Å². The van der Waals surface area contributed by atoms with Gasteiger partial charge in [0.25, 0.3) is 0 Å². The molecule has 3 aromatic rings. The van der Waals surface area contributed by atoms with Gasteiger partial charge in [-0.3, -0.25) is 4.79 Å². The van der Waals surface area contributed by atoms with Gasteiger partial charge in [-0.25, -0.2) is 4.98 Å². The monoisotopic (exact) mass is 317 g/mol. The molecule has 3 rings (SSSR count). The van der Waals surface area contributed by atoms with E-state index in [1.165, 1.54) is 0 Å². The summed E-state index contributed by atoms with van der Waals surface area (Å²) in [6.45, 7) is 0. The number of amides is 1. The van der Waals surface area contributed by atoms with Crippen molar-refractivity contribution < 1.29 is 4.79 Å². The third kappa shape index (κ3) is 3.37. The van der Waals surface area contributed by atoms with Gasteiger partial charge in [-0.05, 0) is 11.4 Å². The van der Waals surface area contributed by atoms with Crippen molar-refractivity contribution >= 4 is 17.2 Å². The van der Waals surface area contributed by atoms with Crippen LogP contribution in [0.15, 0.2) is 30.0 Å². The summed E-state index contributed by atoms with van der Waals surface area (Å²) in [4.78, 5) is 17.4. The first-order chi connectivity index (χ1) is 10.7. The zero-order chi connectivity index (χ0) is 15.4. The summed E-state index contributed by atoms with van der Waals surface area (Å²) < 4.78 is 1.82. The van der Waals surface area contributed by atoms with Crippen LogP contribution in [0.2, 0.25) is 0 Å². The third-order valence-electron chi connectivity index (χ3n) is 3.25. The van der Waals surface area contributed by atoms with Crippen LogP contribution < -0.4 is 5.32 Å². The van der Waals surface area contributed by atoms with Crippen molar-refractivity contribution in [3.63, 3.8) is 0 Å². The highest BCUT2D eigenvalue weighted by atomic mass is 32.1. The zero-order valence-electron chi connectivity index (χ0n) is 11.9. The highest BCUT2D eigenvalue weighted by Crippen LogP contribution is 2.18. The number of aromatic nitrogens is 6. The lowest BCUT2D eigenvalue weighted by Gasteiger charge is -2.14. The molecule has 0 radical (unpaired) electrons. The van der Waals surface area contributed by atoms with Crippen LogP contribution in [-0.4, -0.2) is 36.1 Å². The maximum absolute atomic E-state index is 12.3. The van der Waals surface area contributed by atoms with Gasteiger partial charge >= 0.3 is 0 Å². The van der Waals surface area contributed by atoms with Crippen molar-refractivity contribution in [1.82, 2.24) is 35.5 Å². The average Bonchev–Trinajstić information content (AvgIpc) is 3.22. The number of hydrogen-bond acceptors (Lipinski definition) is 6. The van der Waals surface area contributed by atoms with E-state index in [0.29, 0.717) is 12.2 Å². The van der Waals surface area contributed by atoms with Gasteiger partial charge in [0.05, 0.1) is 18.8 Å². The standard InChI is InChI=1S/C13H15N7OS/c1-20-8-14-7-9(20)5-12(21)15-11(13-16-18-19-17-13)6-10-3-2-4-22-10/h2-4,7-8,11H,5-6H2,1H3,(H,15,21)(H,16,17,18,19). The summed E-state index contributed by atoms with van der Waals surface area (Å²) >= 11 is 1.63. The van der Waals surface area contributed by atoms with Crippen molar-refractivity contribution in [2.75, 3.05) is 0 Å². The van der Waals surface area contributed by atoms with E-state index in [9.17, 15) is 4.79 Å². The number of nitrogens with zero attached hydrogens (tertiary/aromatic N) is 5. The molecule has 0 aliphatic carbocycles. The molecule has 1 atom stereocenters. The van der Waals surface area contributed by atoms with E-state index in [-0.39, 0.29) is 18.4 Å². The minimum atomic E-state index is -0.307. The van der Waals surface area contributed by atoms with Gasteiger partial charge in [-0.15, -0.1) is 21.5 Å². The number of nitrogens with one attached hydrogen (secondary N) is 2. The molecule has 0 aliphatic heterocycles. The van der Waals surface area contributed by atoms with Crippen molar-refractivity contribution in [2.24, 2.45) is 7.05 Å². The van der Waals surface area contributed by atoms with Gasteiger partial charge < -0.3 is 9.88 Å². The van der Waals surface area contributed by atoms with E-state index in [0.717, 1.165) is 10.6 Å². The second-order valence-electron chi connectivity index (χ2n) is 4.85. The number of hydrogen-bond donors (Lipinski definition) is 2. The smallest absolute Gasteiger partial charge is 0.226 e. The molecule has 0 spiro atoms. The highest BCUT2D eigenvalue weighted by molar-refractivity contribution is 7.09. The molecule has 114 valence electrons. The Morgan fingerprint density at radius 2 is 2.45 bits per heavy atom. The molecule has 0 saturated heterocycles. The number of rotatable bonds is 6. The minimum Gasteiger partial charge on any atom is -0.345 e. The van der Waals surface area contributed by atoms with E-state index in [1.54, 1.807) is 23.9 Å². The van der Waals surface area contributed by atoms with Gasteiger partial charge in [0.1, 0.15) is 0 Å². The second kappa shape index (κ2) is 6.48. The van der Waals surface area contributed by atoms with Crippen LogP contribution in [-0.2, 0) is 24.7 Å². The molecule has 0 fully saturated rings. The van der Waals surface area contributed by atoms with Crippen LogP contribution in [0, 0.1) is 0 Å². The number of aryl methyl sites for hydroxylation is 1. The van der Waals surface area contributed by atoms with Crippen LogP contribution in [0.25, 0.3) is 0 Å². The molecule has 3 aromatic heterocycles. The van der Waals surface area contributed by atoms with E-state index in [4.69, 9.17) is 0 Å². The van der Waals surface area contributed by atoms with E-state index in [2.05, 4.69) is 30.9 Å². The molecule has 0 saturated carbocycles. The molecule has 3 heterocycles. The Kier molecular flexibility index (Phi) is 4.24. The fourth-order valence-electron chi connectivity index (χ4n) is 2.12. The Morgan fingerprint density at radius 3 is 3.09 bits per heavy atom. The number of aromatic amines is 1. The molecule has 2 N–H and O–H groups in total. The van der Waals surface area contributed by atoms with Gasteiger partial charge in [0, 0.05) is 30.2 Å². The molecule has 0 aromatic carbocycles. The number of thiophene rings is 1. The summed E-state index contributed by atoms with van der Waals surface area (Å²) in [5, 5.41) is 18.9. The third-order valence-corrected chi connectivity index (χ3v) is 4.15. The number of imidazole rings is 1. The van der Waals surface area contributed by atoms with Crippen LogP contribution in [0.4, 0.5) is 0 Å². The molecule has 0 bridgehead atoms. The quantitative estimate of drug-likeness (QED) is 0.694. The number of carbonyl (C=O) groups is 1. The lowest BCUT2D eigenvalue weighted by molar-refractivity contribution is -0.121. The largest absolute Gasteiger partial charge is 0.345 e. The summed E-state index contributed by atoms with van der Waals surface area (Å²) in [5.74, 6) is 0.377. The number of carbonyl (C=O) groups excluding carboxylic acids is 1. The first-order valence-electron chi connectivity index (χ1n) is 6.72. The van der Waals surface area contributed by atoms with Crippen LogP contribution in [0.1, 0.15) is 22.4 Å². The SMILES string of the molecule is Cn1cncc1CC(=O)NC(Cc1cccs1)c1nn[nH]n1. The Morgan fingerprint density at radius 1 is 1.55 bits per heavy atom. The molecule has 1 unspecified atom stereocenters. The van der Waals surface area contributed by atoms with Crippen molar-refractivity contribution in [1.29, 1.82) is 0 Å². The predicted molar refractivity (Wildman–Crippen MR) is 80.0 cm³/mol. The van der Waals surface area contributed by atoms with Gasteiger partial charge in [0.2, 0.25) is 5.91 Å². The second-order valence-corrected chi connectivity index (χ2v) is 5.88. The Hall–Kier alpha value is -2.55. The fraction of sp³-hybridized carbons (Fsp3) is 0.308. The molecule has 8 nitrogen and oxygen atoms in total. The number of H-pyrrole nitrogens is 1. The summed E-state index contributed by atoms with van der Waals surface area (Å²) in [7, 11) is 1.86. The lowest BCUT2D eigenvalue weighted by Crippen LogP contribution is -2.32. The molecular formula is C13H15N7OS. The van der Waals surface area contributed by atoms with E-state index >= 15 is 0 Å². The molecule has 1 amide bonds. The minimum absolute atomic E-state index is 0.102. The maximum atomic E-state index is 12.3. The highest BCUT2D eigenvalue weighted by Gasteiger charge is 2.20. The summed E-state index contributed by atoms with van der Waals surface area (Å²) in [6, 6.07) is 3.69. The normalized spacial score (nSPS) is 12.2. The van der Waals surface area contributed by atoms with Gasteiger partial charge in [-0.2, -0.15) is 5.21 Å². The van der Waals surface area contributed by atoms with Crippen molar-refractivity contribution in [2.45, 2.75) is 18.9 Å². The van der Waals surface area contributed by atoms with Crippen molar-refractivity contribution in [3.05, 3.63) is 46.4 Å². The Balaban J connectivity index is 1.69. The maximum Gasteiger partial charge on any atom is 0.226 e. The molecule has 0 aliphatic rings. The Labute approximate surface area is 130 Å². The van der Waals surface area contributed by atoms with Crippen LogP contribution in [0.5, 0.6) is 0 Å².